The lowest BCUT2D eigenvalue weighted by molar-refractivity contribution is -0.745. The van der Waals surface area contributed by atoms with Crippen LogP contribution in [0.2, 0.25) is 0 Å². The second kappa shape index (κ2) is 5.26. The fourth-order valence-electron chi connectivity index (χ4n) is 1.42. The van der Waals surface area contributed by atoms with Crippen LogP contribution >= 0.6 is 0 Å². The number of hydrazine groups is 3. The molecule has 0 spiro atoms. The van der Waals surface area contributed by atoms with Gasteiger partial charge in [0.25, 0.3) is 0 Å². The number of nitrogens with zero attached hydrogens (tertiary/aromatic N) is 7. The van der Waals surface area contributed by atoms with E-state index in [1.54, 1.807) is 0 Å². The standard InChI is InChI=1S/C5H11N7O6/c1-6-2-7(10(13)14)4-9(12(17)18)5-8(3-6)11(15)16/h2-5H2,1H3. The van der Waals surface area contributed by atoms with Gasteiger partial charge in [0.05, 0.1) is 0 Å². The zero-order valence-electron chi connectivity index (χ0n) is 9.41. The van der Waals surface area contributed by atoms with Gasteiger partial charge in [-0.05, 0) is 7.05 Å². The van der Waals surface area contributed by atoms with Crippen molar-refractivity contribution in [2.75, 3.05) is 33.7 Å². The topological polar surface area (TPSA) is 142 Å². The summed E-state index contributed by atoms with van der Waals surface area (Å²) in [5.74, 6) is 0. The summed E-state index contributed by atoms with van der Waals surface area (Å²) >= 11 is 0. The van der Waals surface area contributed by atoms with Crippen molar-refractivity contribution < 1.29 is 15.1 Å². The minimum Gasteiger partial charge on any atom is -0.262 e. The van der Waals surface area contributed by atoms with Crippen molar-refractivity contribution in [1.29, 1.82) is 0 Å². The summed E-state index contributed by atoms with van der Waals surface area (Å²) in [4.78, 5) is 33.3. The van der Waals surface area contributed by atoms with E-state index in [1.165, 1.54) is 11.9 Å². The zero-order valence-corrected chi connectivity index (χ0v) is 9.41. The highest BCUT2D eigenvalue weighted by atomic mass is 16.7. The highest BCUT2D eigenvalue weighted by Crippen LogP contribution is 2.05. The van der Waals surface area contributed by atoms with E-state index in [0.29, 0.717) is 15.0 Å². The van der Waals surface area contributed by atoms with E-state index in [4.69, 9.17) is 0 Å². The van der Waals surface area contributed by atoms with E-state index in [1.807, 2.05) is 0 Å². The molecule has 18 heavy (non-hydrogen) atoms. The summed E-state index contributed by atoms with van der Waals surface area (Å²) < 4.78 is 0. The second-order valence-corrected chi connectivity index (χ2v) is 3.65. The lowest BCUT2D eigenvalue weighted by atomic mass is 10.6. The number of nitro groups is 3. The molecule has 1 fully saturated rings. The number of rotatable bonds is 3. The Balaban J connectivity index is 2.88. The van der Waals surface area contributed by atoms with Crippen molar-refractivity contribution in [2.24, 2.45) is 0 Å². The number of hydrogen-bond acceptors (Lipinski definition) is 7. The molecule has 0 amide bonds. The van der Waals surface area contributed by atoms with Crippen LogP contribution in [0.5, 0.6) is 0 Å². The molecule has 0 aromatic heterocycles. The van der Waals surface area contributed by atoms with Gasteiger partial charge in [0.15, 0.2) is 15.1 Å². The van der Waals surface area contributed by atoms with Gasteiger partial charge in [-0.1, -0.05) is 15.0 Å². The molecule has 1 aliphatic rings. The van der Waals surface area contributed by atoms with E-state index in [-0.39, 0.29) is 13.3 Å². The first-order valence-corrected chi connectivity index (χ1v) is 4.67. The fraction of sp³-hybridized carbons (Fsp3) is 1.00. The minimum absolute atomic E-state index is 0.262. The van der Waals surface area contributed by atoms with Crippen LogP contribution in [0.1, 0.15) is 0 Å². The van der Waals surface area contributed by atoms with Crippen LogP contribution in [0.3, 0.4) is 0 Å². The van der Waals surface area contributed by atoms with Gasteiger partial charge in [0.2, 0.25) is 13.3 Å². The molecule has 1 saturated heterocycles. The maximum atomic E-state index is 10.7. The van der Waals surface area contributed by atoms with Gasteiger partial charge in [0.1, 0.15) is 13.3 Å². The average Bonchev–Trinajstić information content (AvgIpc) is 2.20. The SMILES string of the molecule is CN1CN([N+](=O)[O-])CN([N+](=O)[O-])CN([N+](=O)[O-])C1. The third-order valence-electron chi connectivity index (χ3n) is 2.16. The molecular formula is C5H11N7O6. The van der Waals surface area contributed by atoms with Gasteiger partial charge >= 0.3 is 0 Å². The Bertz CT molecular complexity index is 336. The quantitative estimate of drug-likeness (QED) is 0.425. The largest absolute Gasteiger partial charge is 0.262 e. The predicted octanol–water partition coefficient (Wildman–Crippen LogP) is -1.76. The molecule has 0 saturated carbocycles. The highest BCUT2D eigenvalue weighted by molar-refractivity contribution is 4.52. The van der Waals surface area contributed by atoms with Crippen molar-refractivity contribution >= 4 is 0 Å². The summed E-state index contributed by atoms with van der Waals surface area (Å²) in [6, 6.07) is 0. The summed E-state index contributed by atoms with van der Waals surface area (Å²) in [6.45, 7) is -1.81. The Kier molecular flexibility index (Phi) is 3.98. The van der Waals surface area contributed by atoms with Crippen molar-refractivity contribution in [3.8, 4) is 0 Å². The van der Waals surface area contributed by atoms with Crippen molar-refractivity contribution in [1.82, 2.24) is 19.9 Å². The molecule has 0 N–H and O–H groups in total. The zero-order chi connectivity index (χ0) is 13.9. The van der Waals surface area contributed by atoms with Crippen molar-refractivity contribution in [3.63, 3.8) is 0 Å². The van der Waals surface area contributed by atoms with Gasteiger partial charge in [0, 0.05) is 0 Å². The van der Waals surface area contributed by atoms with E-state index < -0.39 is 28.4 Å². The molecule has 0 radical (unpaired) electrons. The van der Waals surface area contributed by atoms with E-state index in [9.17, 15) is 30.3 Å². The van der Waals surface area contributed by atoms with Crippen molar-refractivity contribution in [3.05, 3.63) is 30.3 Å². The van der Waals surface area contributed by atoms with Gasteiger partial charge in [-0.15, -0.1) is 0 Å². The van der Waals surface area contributed by atoms with E-state index in [0.717, 1.165) is 0 Å². The Labute approximate surface area is 100 Å². The molecule has 0 aromatic carbocycles. The summed E-state index contributed by atoms with van der Waals surface area (Å²) in [5, 5.41) is 31.1. The first-order chi connectivity index (χ1) is 8.31. The summed E-state index contributed by atoms with van der Waals surface area (Å²) in [7, 11) is 1.44. The lowest BCUT2D eigenvalue weighted by Gasteiger charge is -2.29. The van der Waals surface area contributed by atoms with Gasteiger partial charge in [-0.3, -0.25) is 4.90 Å². The van der Waals surface area contributed by atoms with Gasteiger partial charge in [-0.2, -0.15) is 0 Å². The Morgan fingerprint density at radius 3 is 1.28 bits per heavy atom. The first kappa shape index (κ1) is 13.6. The Hall–Kier alpha value is -2.44. The molecule has 1 aliphatic heterocycles. The predicted molar refractivity (Wildman–Crippen MR) is 53.7 cm³/mol. The molecule has 0 aliphatic carbocycles. The normalized spacial score (nSPS) is 18.2. The van der Waals surface area contributed by atoms with Gasteiger partial charge < -0.3 is 0 Å². The molecule has 0 atom stereocenters. The molecule has 1 rings (SSSR count). The molecule has 0 bridgehead atoms. The van der Waals surface area contributed by atoms with E-state index >= 15 is 0 Å². The highest BCUT2D eigenvalue weighted by Gasteiger charge is 2.34. The van der Waals surface area contributed by atoms with Crippen LogP contribution in [0.4, 0.5) is 0 Å². The van der Waals surface area contributed by atoms with Crippen LogP contribution in [0, 0.1) is 30.3 Å². The molecule has 0 aromatic rings. The van der Waals surface area contributed by atoms with Crippen LogP contribution in [-0.2, 0) is 0 Å². The number of hydrogen-bond donors (Lipinski definition) is 0. The average molecular weight is 265 g/mol. The minimum atomic E-state index is -0.904. The summed E-state index contributed by atoms with van der Waals surface area (Å²) in [5.41, 5.74) is 0. The monoisotopic (exact) mass is 265 g/mol. The maximum absolute atomic E-state index is 10.7. The van der Waals surface area contributed by atoms with Crippen molar-refractivity contribution in [2.45, 2.75) is 0 Å². The summed E-state index contributed by atoms with van der Waals surface area (Å²) in [6.07, 6.45) is 0. The van der Waals surface area contributed by atoms with Crippen LogP contribution in [-0.4, -0.2) is 68.7 Å². The lowest BCUT2D eigenvalue weighted by Crippen LogP contribution is -2.57. The fourth-order valence-corrected chi connectivity index (χ4v) is 1.42. The second-order valence-electron chi connectivity index (χ2n) is 3.65. The maximum Gasteiger partial charge on any atom is 0.211 e. The van der Waals surface area contributed by atoms with Crippen LogP contribution in [0.15, 0.2) is 0 Å². The molecule has 102 valence electrons. The Morgan fingerprint density at radius 1 is 0.722 bits per heavy atom. The third kappa shape index (κ3) is 3.27. The molecule has 13 heteroatoms. The van der Waals surface area contributed by atoms with Crippen LogP contribution in [0.25, 0.3) is 0 Å². The van der Waals surface area contributed by atoms with E-state index in [2.05, 4.69) is 0 Å². The molecular weight excluding hydrogens is 254 g/mol. The van der Waals surface area contributed by atoms with Gasteiger partial charge in [-0.25, -0.2) is 30.3 Å². The van der Waals surface area contributed by atoms with Crippen LogP contribution < -0.4 is 0 Å². The molecule has 1 heterocycles. The molecule has 13 nitrogen and oxygen atoms in total. The molecule has 0 unspecified atom stereocenters. The third-order valence-corrected chi connectivity index (χ3v) is 2.16. The Morgan fingerprint density at radius 2 is 1.00 bits per heavy atom. The smallest absolute Gasteiger partial charge is 0.211 e. The first-order valence-electron chi connectivity index (χ1n) is 4.67.